The lowest BCUT2D eigenvalue weighted by molar-refractivity contribution is 0.0810. The van der Waals surface area contributed by atoms with Gasteiger partial charge in [0.1, 0.15) is 5.75 Å². The van der Waals surface area contributed by atoms with Gasteiger partial charge >= 0.3 is 0 Å². The monoisotopic (exact) mass is 237 g/mol. The maximum absolute atomic E-state index is 11.9. The van der Waals surface area contributed by atoms with Gasteiger partial charge in [0.25, 0.3) is 5.91 Å². The average Bonchev–Trinajstić information content (AvgIpc) is 2.28. The molecule has 0 aliphatic heterocycles. The molecule has 0 saturated heterocycles. The Morgan fingerprint density at radius 1 is 1.53 bits per heavy atom. The molecule has 0 aromatic heterocycles. The van der Waals surface area contributed by atoms with Crippen LogP contribution < -0.4 is 5.73 Å². The Hall–Kier alpha value is -2.24. The van der Waals surface area contributed by atoms with Crippen molar-refractivity contribution in [1.82, 2.24) is 4.90 Å². The summed E-state index contributed by atoms with van der Waals surface area (Å²) < 4.78 is 0. The van der Waals surface area contributed by atoms with Gasteiger partial charge in [-0.3, -0.25) is 4.79 Å². The summed E-state index contributed by atoms with van der Waals surface area (Å²) in [5.41, 5.74) is 6.34. The lowest BCUT2D eigenvalue weighted by Gasteiger charge is -2.16. The Kier molecular flexibility index (Phi) is 3.92. The van der Waals surface area contributed by atoms with Gasteiger partial charge in [0.05, 0.1) is 12.1 Å². The van der Waals surface area contributed by atoms with Crippen LogP contribution in [0.4, 0.5) is 0 Å². The molecule has 0 spiro atoms. The summed E-state index contributed by atoms with van der Waals surface area (Å²) in [7, 11) is 1.50. The Morgan fingerprint density at radius 2 is 2.18 bits per heavy atom. The molecule has 0 unspecified atom stereocenters. The molecule has 0 atom stereocenters. The van der Waals surface area contributed by atoms with Crippen molar-refractivity contribution in [1.29, 1.82) is 0 Å². The van der Waals surface area contributed by atoms with Crippen molar-refractivity contribution in [3.63, 3.8) is 0 Å². The third-order valence-corrected chi connectivity index (χ3v) is 2.26. The van der Waals surface area contributed by atoms with Crippen LogP contribution in [0, 0.1) is 6.92 Å². The van der Waals surface area contributed by atoms with Gasteiger partial charge in [-0.2, -0.15) is 0 Å². The van der Waals surface area contributed by atoms with Gasteiger partial charge in [-0.15, -0.1) is 0 Å². The fourth-order valence-corrected chi connectivity index (χ4v) is 1.37. The van der Waals surface area contributed by atoms with E-state index in [1.807, 2.05) is 6.92 Å². The van der Waals surface area contributed by atoms with Crippen molar-refractivity contribution in [2.75, 3.05) is 13.6 Å². The molecule has 0 saturated carbocycles. The molecular weight excluding hydrogens is 222 g/mol. The SMILES string of the molecule is Cc1ccc(C(=O)N(C)CC(N)=NO)c(O)c1. The van der Waals surface area contributed by atoms with Crippen molar-refractivity contribution >= 4 is 11.7 Å². The summed E-state index contributed by atoms with van der Waals surface area (Å²) in [6.45, 7) is 1.80. The minimum absolute atomic E-state index is 0.0113. The highest BCUT2D eigenvalue weighted by Gasteiger charge is 2.16. The molecule has 1 rings (SSSR count). The lowest BCUT2D eigenvalue weighted by Crippen LogP contribution is -2.35. The van der Waals surface area contributed by atoms with Crippen LogP contribution in [0.5, 0.6) is 5.75 Å². The third-order valence-electron chi connectivity index (χ3n) is 2.26. The highest BCUT2D eigenvalue weighted by Crippen LogP contribution is 2.19. The van der Waals surface area contributed by atoms with Crippen molar-refractivity contribution in [3.05, 3.63) is 29.3 Å². The number of phenols is 1. The molecule has 0 bridgehead atoms. The van der Waals surface area contributed by atoms with Crippen LogP contribution in [0.2, 0.25) is 0 Å². The van der Waals surface area contributed by atoms with E-state index in [0.717, 1.165) is 5.56 Å². The summed E-state index contributed by atoms with van der Waals surface area (Å²) in [5, 5.41) is 20.8. The maximum atomic E-state index is 11.9. The first kappa shape index (κ1) is 12.8. The van der Waals surface area contributed by atoms with Crippen molar-refractivity contribution in [2.24, 2.45) is 10.9 Å². The minimum atomic E-state index is -0.394. The van der Waals surface area contributed by atoms with Crippen LogP contribution in [0.1, 0.15) is 15.9 Å². The van der Waals surface area contributed by atoms with Crippen LogP contribution >= 0.6 is 0 Å². The second kappa shape index (κ2) is 5.20. The summed E-state index contributed by atoms with van der Waals surface area (Å²) in [4.78, 5) is 13.2. The van der Waals surface area contributed by atoms with Gasteiger partial charge < -0.3 is 20.9 Å². The number of carbonyl (C=O) groups is 1. The average molecular weight is 237 g/mol. The van der Waals surface area contributed by atoms with E-state index in [2.05, 4.69) is 5.16 Å². The molecule has 1 aromatic carbocycles. The fourth-order valence-electron chi connectivity index (χ4n) is 1.37. The van der Waals surface area contributed by atoms with E-state index in [1.165, 1.54) is 24.1 Å². The molecule has 92 valence electrons. The Balaban J connectivity index is 2.89. The molecule has 1 aromatic rings. The smallest absolute Gasteiger partial charge is 0.257 e. The molecule has 0 radical (unpaired) electrons. The number of nitrogens with zero attached hydrogens (tertiary/aromatic N) is 2. The van der Waals surface area contributed by atoms with Gasteiger partial charge in [0.15, 0.2) is 5.84 Å². The largest absolute Gasteiger partial charge is 0.507 e. The van der Waals surface area contributed by atoms with Crippen LogP contribution in [-0.2, 0) is 0 Å². The number of aromatic hydroxyl groups is 1. The van der Waals surface area contributed by atoms with Crippen molar-refractivity contribution in [2.45, 2.75) is 6.92 Å². The van der Waals surface area contributed by atoms with Gasteiger partial charge in [-0.1, -0.05) is 11.2 Å². The fraction of sp³-hybridized carbons (Fsp3) is 0.273. The number of benzene rings is 1. The zero-order valence-electron chi connectivity index (χ0n) is 9.71. The third kappa shape index (κ3) is 3.10. The number of phenolic OH excluding ortho intramolecular Hbond substituents is 1. The molecule has 0 fully saturated rings. The standard InChI is InChI=1S/C11H15N3O3/c1-7-3-4-8(9(15)5-7)11(16)14(2)6-10(12)13-17/h3-5,15,17H,6H2,1-2H3,(H2,12,13). The van der Waals surface area contributed by atoms with E-state index in [4.69, 9.17) is 10.9 Å². The van der Waals surface area contributed by atoms with Crippen LogP contribution in [-0.4, -0.2) is 40.5 Å². The van der Waals surface area contributed by atoms with Gasteiger partial charge in [-0.25, -0.2) is 0 Å². The first-order valence-electron chi connectivity index (χ1n) is 4.97. The number of oxime groups is 1. The molecule has 0 aliphatic rings. The zero-order chi connectivity index (χ0) is 13.0. The predicted octanol–water partition coefficient (Wildman–Crippen LogP) is 0.519. The summed E-state index contributed by atoms with van der Waals surface area (Å²) in [5.74, 6) is -0.553. The number of amides is 1. The highest BCUT2D eigenvalue weighted by atomic mass is 16.4. The number of aryl methyl sites for hydroxylation is 1. The molecule has 6 nitrogen and oxygen atoms in total. The van der Waals surface area contributed by atoms with E-state index in [0.29, 0.717) is 0 Å². The molecule has 0 aliphatic carbocycles. The van der Waals surface area contributed by atoms with Gasteiger partial charge in [-0.05, 0) is 24.6 Å². The summed E-state index contributed by atoms with van der Waals surface area (Å²) in [6, 6.07) is 4.77. The number of amidine groups is 1. The molecule has 4 N–H and O–H groups in total. The predicted molar refractivity (Wildman–Crippen MR) is 63.2 cm³/mol. The number of rotatable bonds is 3. The van der Waals surface area contributed by atoms with E-state index >= 15 is 0 Å². The normalized spacial score (nSPS) is 11.3. The Morgan fingerprint density at radius 3 is 2.71 bits per heavy atom. The summed E-state index contributed by atoms with van der Waals surface area (Å²) in [6.07, 6.45) is 0. The van der Waals surface area contributed by atoms with Gasteiger partial charge in [0.2, 0.25) is 0 Å². The topological polar surface area (TPSA) is 99.2 Å². The number of likely N-dealkylation sites (N-methyl/N-ethyl adjacent to an activating group) is 1. The van der Waals surface area contributed by atoms with E-state index < -0.39 is 5.91 Å². The molecule has 17 heavy (non-hydrogen) atoms. The second-order valence-electron chi connectivity index (χ2n) is 3.77. The maximum Gasteiger partial charge on any atom is 0.257 e. The van der Waals surface area contributed by atoms with Crippen molar-refractivity contribution in [3.8, 4) is 5.75 Å². The summed E-state index contributed by atoms with van der Waals surface area (Å²) >= 11 is 0. The van der Waals surface area contributed by atoms with Crippen LogP contribution in [0.3, 0.4) is 0 Å². The van der Waals surface area contributed by atoms with Gasteiger partial charge in [0, 0.05) is 7.05 Å². The number of carbonyl (C=O) groups excluding carboxylic acids is 1. The van der Waals surface area contributed by atoms with Crippen LogP contribution in [0.25, 0.3) is 0 Å². The number of hydrogen-bond donors (Lipinski definition) is 3. The molecule has 6 heteroatoms. The molecular formula is C11H15N3O3. The van der Waals surface area contributed by atoms with E-state index in [9.17, 15) is 9.90 Å². The minimum Gasteiger partial charge on any atom is -0.507 e. The lowest BCUT2D eigenvalue weighted by atomic mass is 10.1. The molecule has 1 amide bonds. The first-order chi connectivity index (χ1) is 7.95. The Bertz CT molecular complexity index is 457. The highest BCUT2D eigenvalue weighted by molar-refractivity contribution is 5.98. The first-order valence-corrected chi connectivity index (χ1v) is 4.97. The van der Waals surface area contributed by atoms with E-state index in [-0.39, 0.29) is 23.7 Å². The van der Waals surface area contributed by atoms with E-state index in [1.54, 1.807) is 6.07 Å². The second-order valence-corrected chi connectivity index (χ2v) is 3.77. The Labute approximate surface area is 99.0 Å². The quantitative estimate of drug-likeness (QED) is 0.309. The number of nitrogens with two attached hydrogens (primary N) is 1. The van der Waals surface area contributed by atoms with Crippen LogP contribution in [0.15, 0.2) is 23.4 Å². The zero-order valence-corrected chi connectivity index (χ0v) is 9.71. The van der Waals surface area contributed by atoms with Crippen molar-refractivity contribution < 1.29 is 15.1 Å². The number of hydrogen-bond acceptors (Lipinski definition) is 4. The molecule has 0 heterocycles.